The van der Waals surface area contributed by atoms with Crippen molar-refractivity contribution in [2.24, 2.45) is 5.10 Å². The molecule has 0 unspecified atom stereocenters. The fourth-order valence-corrected chi connectivity index (χ4v) is 2.14. The third-order valence-electron chi connectivity index (χ3n) is 2.87. The Balaban J connectivity index is 1.81. The number of nitrogens with zero attached hydrogens (tertiary/aromatic N) is 1. The van der Waals surface area contributed by atoms with Gasteiger partial charge in [-0.25, -0.2) is 9.82 Å². The van der Waals surface area contributed by atoms with Gasteiger partial charge in [0, 0.05) is 16.1 Å². The average molecular weight is 368 g/mol. The summed E-state index contributed by atoms with van der Waals surface area (Å²) in [5.41, 5.74) is 3.08. The lowest BCUT2D eigenvalue weighted by molar-refractivity contribution is -0.120. The van der Waals surface area contributed by atoms with Crippen LogP contribution in [0, 0.1) is 5.82 Å². The first kappa shape index (κ1) is 17.9. The molecule has 0 heterocycles. The van der Waals surface area contributed by atoms with Crippen LogP contribution >= 0.6 is 23.2 Å². The van der Waals surface area contributed by atoms with Gasteiger partial charge >= 0.3 is 0 Å². The number of benzene rings is 2. The van der Waals surface area contributed by atoms with E-state index in [1.165, 1.54) is 18.3 Å². The average Bonchev–Trinajstić information content (AvgIpc) is 2.55. The third kappa shape index (κ3) is 5.33. The van der Waals surface area contributed by atoms with E-state index in [2.05, 4.69) is 15.8 Å². The largest absolute Gasteiger partial charge is 0.343 e. The Morgan fingerprint density at radius 2 is 1.83 bits per heavy atom. The summed E-state index contributed by atoms with van der Waals surface area (Å²) in [5, 5.41) is 7.02. The number of hydrazone groups is 1. The summed E-state index contributed by atoms with van der Waals surface area (Å²) in [5.74, 6) is -1.46. The molecule has 124 valence electrons. The summed E-state index contributed by atoms with van der Waals surface area (Å²) in [6.45, 7) is -0.276. The standard InChI is InChI=1S/C16H12Cl2FN3O2/c17-12-4-1-11(14(18)7-12)8-21-22-15(23)9-20-16(24)10-2-5-13(19)6-3-10/h1-8H,9H2,(H,20,24)(H,22,23). The summed E-state index contributed by atoms with van der Waals surface area (Å²) in [7, 11) is 0. The number of nitrogens with one attached hydrogen (secondary N) is 2. The monoisotopic (exact) mass is 367 g/mol. The Hall–Kier alpha value is -2.44. The first-order valence-electron chi connectivity index (χ1n) is 6.76. The van der Waals surface area contributed by atoms with Crippen molar-refractivity contribution in [1.29, 1.82) is 0 Å². The number of halogens is 3. The number of hydrogen-bond donors (Lipinski definition) is 2. The molecule has 0 atom stereocenters. The molecule has 0 aliphatic heterocycles. The molecule has 0 saturated heterocycles. The van der Waals surface area contributed by atoms with Gasteiger partial charge in [0.05, 0.1) is 17.8 Å². The van der Waals surface area contributed by atoms with Crippen molar-refractivity contribution in [3.05, 3.63) is 69.5 Å². The summed E-state index contributed by atoms with van der Waals surface area (Å²) >= 11 is 11.7. The van der Waals surface area contributed by atoms with E-state index in [4.69, 9.17) is 23.2 Å². The van der Waals surface area contributed by atoms with E-state index in [1.807, 2.05) is 0 Å². The third-order valence-corrected chi connectivity index (χ3v) is 3.43. The van der Waals surface area contributed by atoms with Crippen LogP contribution in [-0.2, 0) is 4.79 Å². The quantitative estimate of drug-likeness (QED) is 0.629. The summed E-state index contributed by atoms with van der Waals surface area (Å²) in [4.78, 5) is 23.4. The molecule has 0 bridgehead atoms. The topological polar surface area (TPSA) is 70.6 Å². The van der Waals surface area contributed by atoms with Gasteiger partial charge in [-0.15, -0.1) is 0 Å². The minimum atomic E-state index is -0.521. The maximum absolute atomic E-state index is 12.8. The number of carbonyl (C=O) groups is 2. The maximum atomic E-state index is 12.8. The zero-order chi connectivity index (χ0) is 17.5. The van der Waals surface area contributed by atoms with Crippen molar-refractivity contribution < 1.29 is 14.0 Å². The van der Waals surface area contributed by atoms with E-state index in [0.717, 1.165) is 12.1 Å². The van der Waals surface area contributed by atoms with E-state index >= 15 is 0 Å². The highest BCUT2D eigenvalue weighted by Gasteiger charge is 2.07. The van der Waals surface area contributed by atoms with E-state index in [1.54, 1.807) is 18.2 Å². The van der Waals surface area contributed by atoms with Crippen molar-refractivity contribution >= 4 is 41.2 Å². The van der Waals surface area contributed by atoms with Gasteiger partial charge < -0.3 is 5.32 Å². The normalized spacial score (nSPS) is 10.6. The van der Waals surface area contributed by atoms with Gasteiger partial charge in [0.1, 0.15) is 5.82 Å². The molecular formula is C16H12Cl2FN3O2. The lowest BCUT2D eigenvalue weighted by Gasteiger charge is -2.04. The van der Waals surface area contributed by atoms with Gasteiger partial charge in [-0.1, -0.05) is 29.3 Å². The van der Waals surface area contributed by atoms with Gasteiger partial charge in [-0.3, -0.25) is 9.59 Å². The number of carbonyl (C=O) groups excluding carboxylic acids is 2. The molecule has 0 saturated carbocycles. The zero-order valence-corrected chi connectivity index (χ0v) is 13.7. The summed E-state index contributed by atoms with van der Waals surface area (Å²) < 4.78 is 12.8. The Morgan fingerprint density at radius 1 is 1.12 bits per heavy atom. The van der Waals surface area contributed by atoms with Crippen LogP contribution in [-0.4, -0.2) is 24.6 Å². The van der Waals surface area contributed by atoms with Gasteiger partial charge in [0.25, 0.3) is 11.8 Å². The molecule has 0 aliphatic rings. The predicted molar refractivity (Wildman–Crippen MR) is 90.9 cm³/mol. The molecule has 0 fully saturated rings. The second-order valence-corrected chi connectivity index (χ2v) is 5.49. The molecule has 0 aliphatic carbocycles. The number of amides is 2. The summed E-state index contributed by atoms with van der Waals surface area (Å²) in [6, 6.07) is 9.81. The van der Waals surface area contributed by atoms with Gasteiger partial charge in [-0.2, -0.15) is 5.10 Å². The highest BCUT2D eigenvalue weighted by Crippen LogP contribution is 2.19. The van der Waals surface area contributed by atoms with E-state index in [-0.39, 0.29) is 12.1 Å². The molecule has 24 heavy (non-hydrogen) atoms. The van der Waals surface area contributed by atoms with E-state index in [0.29, 0.717) is 15.6 Å². The SMILES string of the molecule is O=C(CNC(=O)c1ccc(F)cc1)NN=Cc1ccc(Cl)cc1Cl. The van der Waals surface area contributed by atoms with Crippen molar-refractivity contribution in [3.63, 3.8) is 0 Å². The first-order chi connectivity index (χ1) is 11.5. The smallest absolute Gasteiger partial charge is 0.259 e. The van der Waals surface area contributed by atoms with Crippen LogP contribution in [0.1, 0.15) is 15.9 Å². The fraction of sp³-hybridized carbons (Fsp3) is 0.0625. The van der Waals surface area contributed by atoms with E-state index in [9.17, 15) is 14.0 Å². The van der Waals surface area contributed by atoms with Crippen LogP contribution in [0.5, 0.6) is 0 Å². The van der Waals surface area contributed by atoms with Crippen molar-refractivity contribution in [2.45, 2.75) is 0 Å². The predicted octanol–water partition coefficient (Wildman–Crippen LogP) is 3.01. The second-order valence-electron chi connectivity index (χ2n) is 4.65. The minimum absolute atomic E-state index is 0.251. The molecule has 0 aromatic heterocycles. The molecule has 2 amide bonds. The van der Waals surface area contributed by atoms with Crippen LogP contribution in [0.15, 0.2) is 47.6 Å². The van der Waals surface area contributed by atoms with Gasteiger partial charge in [0.2, 0.25) is 0 Å². The van der Waals surface area contributed by atoms with E-state index < -0.39 is 17.6 Å². The molecule has 2 N–H and O–H groups in total. The van der Waals surface area contributed by atoms with Crippen molar-refractivity contribution in [2.75, 3.05) is 6.54 Å². The first-order valence-corrected chi connectivity index (χ1v) is 7.52. The molecule has 2 aromatic carbocycles. The highest BCUT2D eigenvalue weighted by atomic mass is 35.5. The van der Waals surface area contributed by atoms with Crippen LogP contribution in [0.4, 0.5) is 4.39 Å². The Labute approximate surface area is 147 Å². The molecule has 2 aromatic rings. The fourth-order valence-electron chi connectivity index (χ4n) is 1.68. The zero-order valence-electron chi connectivity index (χ0n) is 12.2. The molecule has 5 nitrogen and oxygen atoms in total. The van der Waals surface area contributed by atoms with Crippen LogP contribution in [0.3, 0.4) is 0 Å². The van der Waals surface area contributed by atoms with Crippen molar-refractivity contribution in [3.8, 4) is 0 Å². The summed E-state index contributed by atoms with van der Waals surface area (Å²) in [6.07, 6.45) is 1.36. The highest BCUT2D eigenvalue weighted by molar-refractivity contribution is 6.36. The maximum Gasteiger partial charge on any atom is 0.259 e. The molecule has 0 radical (unpaired) electrons. The Kier molecular flexibility index (Phi) is 6.28. The Morgan fingerprint density at radius 3 is 2.50 bits per heavy atom. The van der Waals surface area contributed by atoms with Crippen molar-refractivity contribution in [1.82, 2.24) is 10.7 Å². The molecule has 0 spiro atoms. The molecule has 8 heteroatoms. The lowest BCUT2D eigenvalue weighted by Crippen LogP contribution is -2.34. The molecule has 2 rings (SSSR count). The number of rotatable bonds is 5. The van der Waals surface area contributed by atoms with Gasteiger partial charge in [0.15, 0.2) is 0 Å². The second kappa shape index (κ2) is 8.42. The lowest BCUT2D eigenvalue weighted by atomic mass is 10.2. The van der Waals surface area contributed by atoms with Crippen LogP contribution in [0.25, 0.3) is 0 Å². The number of hydrogen-bond acceptors (Lipinski definition) is 3. The minimum Gasteiger partial charge on any atom is -0.343 e. The van der Waals surface area contributed by atoms with Crippen LogP contribution < -0.4 is 10.7 Å². The van der Waals surface area contributed by atoms with Crippen LogP contribution in [0.2, 0.25) is 10.0 Å². The molecular weight excluding hydrogens is 356 g/mol. The van der Waals surface area contributed by atoms with Gasteiger partial charge in [-0.05, 0) is 36.4 Å². The Bertz CT molecular complexity index is 779.